The van der Waals surface area contributed by atoms with E-state index in [0.717, 1.165) is 36.3 Å². The summed E-state index contributed by atoms with van der Waals surface area (Å²) in [6.07, 6.45) is -0.0268. The van der Waals surface area contributed by atoms with Crippen molar-refractivity contribution in [2.45, 2.75) is 38.0 Å². The lowest BCUT2D eigenvalue weighted by Gasteiger charge is -2.41. The molecule has 7 heteroatoms. The van der Waals surface area contributed by atoms with Gasteiger partial charge in [-0.2, -0.15) is 23.3 Å². The quantitative estimate of drug-likeness (QED) is 0.785. The Kier molecular flexibility index (Phi) is 3.52. The van der Waals surface area contributed by atoms with Crippen molar-refractivity contribution in [3.8, 4) is 0 Å². The normalized spacial score (nSPS) is 26.5. The number of hydrogen-bond donors (Lipinski definition) is 1. The third-order valence-electron chi connectivity index (χ3n) is 3.33. The lowest BCUT2D eigenvalue weighted by atomic mass is 9.98. The molecule has 102 valence electrons. The number of amidine groups is 1. The van der Waals surface area contributed by atoms with Crippen LogP contribution in [0.1, 0.15) is 25.7 Å². The summed E-state index contributed by atoms with van der Waals surface area (Å²) in [6.45, 7) is 0. The minimum absolute atomic E-state index is 0.581. The second-order valence-corrected chi connectivity index (χ2v) is 4.58. The Labute approximate surface area is 104 Å². The minimum atomic E-state index is -4.35. The van der Waals surface area contributed by atoms with Crippen LogP contribution in [0.15, 0.2) is 16.8 Å². The zero-order chi connectivity index (χ0) is 13.3. The van der Waals surface area contributed by atoms with Crippen LogP contribution in [0, 0.1) is 0 Å². The maximum absolute atomic E-state index is 12.7. The number of likely N-dealkylation sites (N-methyl/N-ethyl adjacent to an activating group) is 1. The number of alkyl halides is 3. The van der Waals surface area contributed by atoms with Crippen LogP contribution in [0.4, 0.5) is 13.2 Å². The largest absolute Gasteiger partial charge is 0.425 e. The predicted octanol–water partition coefficient (Wildman–Crippen LogP) is 2.07. The van der Waals surface area contributed by atoms with Gasteiger partial charge < -0.3 is 0 Å². The van der Waals surface area contributed by atoms with Gasteiger partial charge >= 0.3 is 6.18 Å². The molecule has 0 aromatic rings. The number of hydrazine groups is 1. The van der Waals surface area contributed by atoms with Gasteiger partial charge in [-0.1, -0.05) is 6.08 Å². The summed E-state index contributed by atoms with van der Waals surface area (Å²) >= 11 is 0. The number of rotatable bonds is 1. The summed E-state index contributed by atoms with van der Waals surface area (Å²) in [7, 11) is 3.01. The Balaban J connectivity index is 2.20. The average Bonchev–Trinajstić information content (AvgIpc) is 2.32. The van der Waals surface area contributed by atoms with Gasteiger partial charge in [-0.3, -0.25) is 10.4 Å². The fourth-order valence-corrected chi connectivity index (χ4v) is 2.21. The van der Waals surface area contributed by atoms with E-state index < -0.39 is 12.3 Å². The highest BCUT2D eigenvalue weighted by Crippen LogP contribution is 2.27. The van der Waals surface area contributed by atoms with E-state index in [2.05, 4.69) is 16.6 Å². The van der Waals surface area contributed by atoms with Crippen molar-refractivity contribution in [3.63, 3.8) is 0 Å². The summed E-state index contributed by atoms with van der Waals surface area (Å²) < 4.78 is 38.2. The zero-order valence-corrected chi connectivity index (χ0v) is 10.5. The first kappa shape index (κ1) is 13.2. The third kappa shape index (κ3) is 2.45. The molecule has 2 rings (SSSR count). The molecule has 0 radical (unpaired) electrons. The third-order valence-corrected chi connectivity index (χ3v) is 3.33. The smallest absolute Gasteiger partial charge is 0.289 e. The van der Waals surface area contributed by atoms with Crippen LogP contribution >= 0.6 is 0 Å². The van der Waals surface area contributed by atoms with Crippen molar-refractivity contribution in [2.75, 3.05) is 14.1 Å². The molecule has 0 aromatic carbocycles. The van der Waals surface area contributed by atoms with Crippen molar-refractivity contribution in [3.05, 3.63) is 11.6 Å². The van der Waals surface area contributed by atoms with E-state index in [4.69, 9.17) is 0 Å². The highest BCUT2D eigenvalue weighted by molar-refractivity contribution is 5.98. The fourth-order valence-electron chi connectivity index (χ4n) is 2.21. The Bertz CT molecular complexity index is 375. The zero-order valence-electron chi connectivity index (χ0n) is 10.5. The van der Waals surface area contributed by atoms with Gasteiger partial charge in [0.1, 0.15) is 0 Å². The standard InChI is InChI=1S/C11H17F3N4/c1-17-9(8-6-4-3-5-7-8)15-16-10(18(17)2)11(12,13)14/h6,10,16H,3-5,7H2,1-2H3. The van der Waals surface area contributed by atoms with Crippen molar-refractivity contribution in [1.29, 1.82) is 0 Å². The maximum Gasteiger partial charge on any atom is 0.425 e. The lowest BCUT2D eigenvalue weighted by molar-refractivity contribution is -0.215. The van der Waals surface area contributed by atoms with Crippen LogP contribution in [0.3, 0.4) is 0 Å². The molecule has 1 unspecified atom stereocenters. The lowest BCUT2D eigenvalue weighted by Crippen LogP contribution is -2.62. The van der Waals surface area contributed by atoms with Gasteiger partial charge in [-0.25, -0.2) is 0 Å². The van der Waals surface area contributed by atoms with Crippen LogP contribution in [0.5, 0.6) is 0 Å². The molecule has 0 saturated carbocycles. The molecule has 18 heavy (non-hydrogen) atoms. The molecule has 4 nitrogen and oxygen atoms in total. The Morgan fingerprint density at radius 3 is 2.61 bits per heavy atom. The van der Waals surface area contributed by atoms with Crippen LogP contribution in [-0.2, 0) is 0 Å². The minimum Gasteiger partial charge on any atom is -0.289 e. The molecule has 0 aromatic heterocycles. The summed E-state index contributed by atoms with van der Waals surface area (Å²) in [5.41, 5.74) is 3.21. The Hall–Kier alpha value is -1.24. The first-order chi connectivity index (χ1) is 8.41. The molecule has 0 spiro atoms. The van der Waals surface area contributed by atoms with E-state index in [1.165, 1.54) is 12.1 Å². The second-order valence-electron chi connectivity index (χ2n) is 4.58. The van der Waals surface area contributed by atoms with Crippen molar-refractivity contribution >= 4 is 5.84 Å². The predicted molar refractivity (Wildman–Crippen MR) is 62.5 cm³/mol. The molecule has 0 bridgehead atoms. The summed E-state index contributed by atoms with van der Waals surface area (Å²) in [4.78, 5) is 0. The van der Waals surface area contributed by atoms with Crippen molar-refractivity contribution in [1.82, 2.24) is 15.4 Å². The summed E-state index contributed by atoms with van der Waals surface area (Å²) in [5, 5.41) is 6.48. The SMILES string of the molecule is CN1C(C2=CCCCC2)=NNC(C(F)(F)F)N1C. The van der Waals surface area contributed by atoms with Gasteiger partial charge in [-0.15, -0.1) is 0 Å². The molecular weight excluding hydrogens is 245 g/mol. The number of nitrogens with one attached hydrogen (secondary N) is 1. The van der Waals surface area contributed by atoms with E-state index in [1.807, 2.05) is 0 Å². The summed E-state index contributed by atoms with van der Waals surface area (Å²) in [5.74, 6) is 0.581. The van der Waals surface area contributed by atoms with E-state index in [-0.39, 0.29) is 0 Å². The van der Waals surface area contributed by atoms with Gasteiger partial charge in [0.15, 0.2) is 5.84 Å². The molecule has 1 aliphatic heterocycles. The highest BCUT2D eigenvalue weighted by atomic mass is 19.4. The number of halogens is 3. The number of allylic oxidation sites excluding steroid dienone is 1. The van der Waals surface area contributed by atoms with Gasteiger partial charge in [-0.05, 0) is 31.3 Å². The molecule has 1 heterocycles. The molecule has 0 saturated heterocycles. The van der Waals surface area contributed by atoms with Gasteiger partial charge in [0.2, 0.25) is 6.17 Å². The summed E-state index contributed by atoms with van der Waals surface area (Å²) in [6, 6.07) is 0. The van der Waals surface area contributed by atoms with E-state index in [1.54, 1.807) is 7.05 Å². The Morgan fingerprint density at radius 1 is 1.33 bits per heavy atom. The molecular formula is C11H17F3N4. The number of nitrogens with zero attached hydrogens (tertiary/aromatic N) is 3. The van der Waals surface area contributed by atoms with Gasteiger partial charge in [0.25, 0.3) is 0 Å². The first-order valence-corrected chi connectivity index (χ1v) is 5.97. The molecule has 0 fully saturated rings. The highest BCUT2D eigenvalue weighted by Gasteiger charge is 2.46. The van der Waals surface area contributed by atoms with Crippen molar-refractivity contribution < 1.29 is 13.2 Å². The van der Waals surface area contributed by atoms with Crippen molar-refractivity contribution in [2.24, 2.45) is 5.10 Å². The van der Waals surface area contributed by atoms with Crippen LogP contribution < -0.4 is 5.43 Å². The monoisotopic (exact) mass is 262 g/mol. The maximum atomic E-state index is 12.7. The fraction of sp³-hybridized carbons (Fsp3) is 0.727. The number of hydrogen-bond acceptors (Lipinski definition) is 4. The van der Waals surface area contributed by atoms with Crippen LogP contribution in [0.25, 0.3) is 0 Å². The number of hydrazone groups is 1. The average molecular weight is 262 g/mol. The Morgan fingerprint density at radius 2 is 2.06 bits per heavy atom. The van der Waals surface area contributed by atoms with Crippen LogP contribution in [0.2, 0.25) is 0 Å². The van der Waals surface area contributed by atoms with Crippen LogP contribution in [-0.4, -0.2) is 42.3 Å². The first-order valence-electron chi connectivity index (χ1n) is 5.97. The van der Waals surface area contributed by atoms with E-state index >= 15 is 0 Å². The van der Waals surface area contributed by atoms with Gasteiger partial charge in [0.05, 0.1) is 0 Å². The molecule has 1 aliphatic carbocycles. The second kappa shape index (κ2) is 4.79. The molecule has 1 N–H and O–H groups in total. The molecule has 1 atom stereocenters. The topological polar surface area (TPSA) is 30.9 Å². The molecule has 0 amide bonds. The van der Waals surface area contributed by atoms with E-state index in [0.29, 0.717) is 5.84 Å². The van der Waals surface area contributed by atoms with E-state index in [9.17, 15) is 13.2 Å². The van der Waals surface area contributed by atoms with Gasteiger partial charge in [0, 0.05) is 14.1 Å². The molecule has 2 aliphatic rings.